The van der Waals surface area contributed by atoms with E-state index in [0.717, 1.165) is 0 Å². The molecule has 26 heavy (non-hydrogen) atoms. The van der Waals surface area contributed by atoms with Crippen LogP contribution in [0.25, 0.3) is 0 Å². The highest BCUT2D eigenvalue weighted by molar-refractivity contribution is 5.95. The third kappa shape index (κ3) is 5.13. The van der Waals surface area contributed by atoms with Gasteiger partial charge in [0.2, 0.25) is 0 Å². The average Bonchev–Trinajstić information content (AvgIpc) is 3.13. The van der Waals surface area contributed by atoms with E-state index in [1.807, 2.05) is 13.8 Å². The lowest BCUT2D eigenvalue weighted by Gasteiger charge is -2.16. The van der Waals surface area contributed by atoms with Gasteiger partial charge in [0.05, 0.1) is 5.56 Å². The molecule has 2 aromatic heterocycles. The van der Waals surface area contributed by atoms with E-state index in [9.17, 15) is 9.59 Å². The third-order valence-electron chi connectivity index (χ3n) is 3.99. The van der Waals surface area contributed by atoms with Gasteiger partial charge in [0.1, 0.15) is 18.1 Å². The van der Waals surface area contributed by atoms with Crippen LogP contribution < -0.4 is 0 Å². The van der Waals surface area contributed by atoms with Gasteiger partial charge in [-0.1, -0.05) is 20.4 Å². The molecular formula is C20H23NO5. The van der Waals surface area contributed by atoms with Crippen LogP contribution in [-0.4, -0.2) is 21.8 Å². The van der Waals surface area contributed by atoms with Crippen LogP contribution in [0.3, 0.4) is 0 Å². The van der Waals surface area contributed by atoms with Gasteiger partial charge in [0.25, 0.3) is 0 Å². The van der Waals surface area contributed by atoms with Gasteiger partial charge in [-0.3, -0.25) is 9.78 Å². The summed E-state index contributed by atoms with van der Waals surface area (Å²) in [5.74, 6) is 0.176. The Balaban J connectivity index is 2.12. The molecule has 0 spiro atoms. The molecule has 0 aliphatic rings. The standard InChI is InChI=1S/C20H23NO5/c1-13(2)14(3)17(23)7-9-19(18-8-6-16(12-22)25-18)26-20(24)15-5-4-10-21-11-15/h4-6,8,10-11,13,19,22H,3,7,9,12H2,1-2H3/t19-/m1/s1. The molecule has 0 aliphatic heterocycles. The largest absolute Gasteiger partial charge is 0.460 e. The van der Waals surface area contributed by atoms with Gasteiger partial charge < -0.3 is 14.3 Å². The van der Waals surface area contributed by atoms with Gasteiger partial charge in [0.15, 0.2) is 11.9 Å². The van der Waals surface area contributed by atoms with E-state index in [-0.39, 0.29) is 31.1 Å². The number of carbonyl (C=O) groups is 2. The van der Waals surface area contributed by atoms with Crippen molar-refractivity contribution >= 4 is 11.8 Å². The first-order valence-electron chi connectivity index (χ1n) is 8.44. The van der Waals surface area contributed by atoms with E-state index >= 15 is 0 Å². The number of aliphatic hydroxyl groups excluding tert-OH is 1. The Bertz CT molecular complexity index is 764. The number of ketones is 1. The predicted molar refractivity (Wildman–Crippen MR) is 95.2 cm³/mol. The zero-order chi connectivity index (χ0) is 19.1. The van der Waals surface area contributed by atoms with Gasteiger partial charge >= 0.3 is 5.97 Å². The zero-order valence-corrected chi connectivity index (χ0v) is 15.0. The minimum atomic E-state index is -0.744. The Morgan fingerprint density at radius 3 is 2.65 bits per heavy atom. The van der Waals surface area contributed by atoms with E-state index in [1.54, 1.807) is 30.5 Å². The summed E-state index contributed by atoms with van der Waals surface area (Å²) >= 11 is 0. The number of aliphatic hydroxyl groups is 1. The maximum absolute atomic E-state index is 12.3. The number of pyridine rings is 1. The Kier molecular flexibility index (Phi) is 6.86. The number of carbonyl (C=O) groups excluding carboxylic acids is 2. The SMILES string of the molecule is C=C(C(=O)CC[C@@H](OC(=O)c1cccnc1)c1ccc(CO)o1)C(C)C. The molecule has 0 radical (unpaired) electrons. The molecule has 6 nitrogen and oxygen atoms in total. The normalized spacial score (nSPS) is 12.0. The molecule has 0 bridgehead atoms. The van der Waals surface area contributed by atoms with Crippen LogP contribution in [0, 0.1) is 5.92 Å². The third-order valence-corrected chi connectivity index (χ3v) is 3.99. The predicted octanol–water partition coefficient (Wildman–Crippen LogP) is 3.63. The summed E-state index contributed by atoms with van der Waals surface area (Å²) in [5.41, 5.74) is 0.849. The fourth-order valence-electron chi connectivity index (χ4n) is 2.34. The van der Waals surface area contributed by atoms with E-state index in [2.05, 4.69) is 11.6 Å². The van der Waals surface area contributed by atoms with Gasteiger partial charge in [-0.05, 0) is 42.2 Å². The fourth-order valence-corrected chi connectivity index (χ4v) is 2.34. The van der Waals surface area contributed by atoms with Crippen molar-refractivity contribution in [1.29, 1.82) is 0 Å². The van der Waals surface area contributed by atoms with Crippen molar-refractivity contribution in [2.24, 2.45) is 5.92 Å². The van der Waals surface area contributed by atoms with Crippen molar-refractivity contribution in [2.75, 3.05) is 0 Å². The Hall–Kier alpha value is -2.73. The van der Waals surface area contributed by atoms with E-state index in [4.69, 9.17) is 14.3 Å². The summed E-state index contributed by atoms with van der Waals surface area (Å²) in [7, 11) is 0. The van der Waals surface area contributed by atoms with Gasteiger partial charge in [-0.15, -0.1) is 0 Å². The summed E-state index contributed by atoms with van der Waals surface area (Å²) in [4.78, 5) is 28.4. The maximum atomic E-state index is 12.3. The number of allylic oxidation sites excluding steroid dienone is 1. The van der Waals surface area contributed by atoms with Gasteiger partial charge in [-0.2, -0.15) is 0 Å². The van der Waals surface area contributed by atoms with Crippen LogP contribution >= 0.6 is 0 Å². The summed E-state index contributed by atoms with van der Waals surface area (Å²) in [5, 5.41) is 9.17. The number of nitrogens with zero attached hydrogens (tertiary/aromatic N) is 1. The molecule has 138 valence electrons. The van der Waals surface area contributed by atoms with Crippen LogP contribution in [0.1, 0.15) is 54.7 Å². The number of ether oxygens (including phenoxy) is 1. The zero-order valence-electron chi connectivity index (χ0n) is 15.0. The lowest BCUT2D eigenvalue weighted by Crippen LogP contribution is -2.14. The van der Waals surface area contributed by atoms with Crippen molar-refractivity contribution in [3.8, 4) is 0 Å². The summed E-state index contributed by atoms with van der Waals surface area (Å²) in [6.45, 7) is 7.36. The molecular weight excluding hydrogens is 334 g/mol. The van der Waals surface area contributed by atoms with Gasteiger partial charge in [-0.25, -0.2) is 4.79 Å². The molecule has 6 heteroatoms. The molecule has 0 saturated heterocycles. The van der Waals surface area contributed by atoms with Crippen LogP contribution in [0.2, 0.25) is 0 Å². The van der Waals surface area contributed by atoms with E-state index in [0.29, 0.717) is 22.7 Å². The number of Topliss-reactive ketones (excluding diaryl/α,β-unsaturated/α-hetero) is 1. The molecule has 1 atom stereocenters. The van der Waals surface area contributed by atoms with Crippen LogP contribution in [-0.2, 0) is 16.1 Å². The monoisotopic (exact) mass is 357 g/mol. The molecule has 0 fully saturated rings. The second kappa shape index (κ2) is 9.10. The number of hydrogen-bond acceptors (Lipinski definition) is 6. The molecule has 0 aliphatic carbocycles. The minimum Gasteiger partial charge on any atom is -0.460 e. The highest BCUT2D eigenvalue weighted by Crippen LogP contribution is 2.27. The summed E-state index contributed by atoms with van der Waals surface area (Å²) in [6, 6.07) is 6.47. The van der Waals surface area contributed by atoms with Gasteiger partial charge in [0, 0.05) is 18.8 Å². The first-order valence-corrected chi connectivity index (χ1v) is 8.44. The number of furan rings is 1. The van der Waals surface area contributed by atoms with Crippen LogP contribution in [0.15, 0.2) is 53.2 Å². The van der Waals surface area contributed by atoms with Crippen molar-refractivity contribution < 1.29 is 23.8 Å². The van der Waals surface area contributed by atoms with Crippen LogP contribution in [0.4, 0.5) is 0 Å². The average molecular weight is 357 g/mol. The molecule has 2 aromatic rings. The second-order valence-electron chi connectivity index (χ2n) is 6.24. The highest BCUT2D eigenvalue weighted by atomic mass is 16.6. The van der Waals surface area contributed by atoms with E-state index < -0.39 is 12.1 Å². The molecule has 2 rings (SSSR count). The van der Waals surface area contributed by atoms with Crippen molar-refractivity contribution in [3.05, 3.63) is 65.9 Å². The van der Waals surface area contributed by atoms with Crippen molar-refractivity contribution in [3.63, 3.8) is 0 Å². The number of aromatic nitrogens is 1. The van der Waals surface area contributed by atoms with E-state index in [1.165, 1.54) is 6.20 Å². The molecule has 0 unspecified atom stereocenters. The molecule has 1 N–H and O–H groups in total. The molecule has 0 aromatic carbocycles. The lowest BCUT2D eigenvalue weighted by atomic mass is 9.96. The van der Waals surface area contributed by atoms with Crippen molar-refractivity contribution in [1.82, 2.24) is 4.98 Å². The molecule has 0 amide bonds. The molecule has 2 heterocycles. The fraction of sp³-hybridized carbons (Fsp3) is 0.350. The molecule has 0 saturated carbocycles. The maximum Gasteiger partial charge on any atom is 0.340 e. The Morgan fingerprint density at radius 1 is 1.31 bits per heavy atom. The first kappa shape index (κ1) is 19.6. The summed E-state index contributed by atoms with van der Waals surface area (Å²) < 4.78 is 11.0. The highest BCUT2D eigenvalue weighted by Gasteiger charge is 2.23. The minimum absolute atomic E-state index is 0.0588. The lowest BCUT2D eigenvalue weighted by molar-refractivity contribution is -0.116. The quantitative estimate of drug-likeness (QED) is 0.544. The number of rotatable bonds is 9. The summed E-state index contributed by atoms with van der Waals surface area (Å²) in [6.07, 6.45) is 2.66. The topological polar surface area (TPSA) is 89.6 Å². The first-order chi connectivity index (χ1) is 12.4. The number of esters is 1. The Labute approximate surface area is 152 Å². The van der Waals surface area contributed by atoms with Crippen molar-refractivity contribution in [2.45, 2.75) is 39.4 Å². The second-order valence-corrected chi connectivity index (χ2v) is 6.24. The smallest absolute Gasteiger partial charge is 0.340 e. The Morgan fingerprint density at radius 2 is 2.08 bits per heavy atom. The number of hydrogen-bond donors (Lipinski definition) is 1. The van der Waals surface area contributed by atoms with Crippen LogP contribution in [0.5, 0.6) is 0 Å².